The summed E-state index contributed by atoms with van der Waals surface area (Å²) in [4.78, 5) is 5.08. The normalized spacial score (nSPS) is 26.6. The number of alkyl halides is 1. The van der Waals surface area contributed by atoms with Crippen LogP contribution in [0.3, 0.4) is 0 Å². The lowest BCUT2D eigenvalue weighted by Crippen LogP contribution is -2.13. The molecule has 90 valence electrons. The van der Waals surface area contributed by atoms with Crippen molar-refractivity contribution in [3.05, 3.63) is 12.2 Å². The Labute approximate surface area is 106 Å². The van der Waals surface area contributed by atoms with Crippen LogP contribution in [-0.4, -0.2) is 19.6 Å². The first kappa shape index (κ1) is 12.1. The molecule has 0 bridgehead atoms. The van der Waals surface area contributed by atoms with Crippen molar-refractivity contribution in [3.63, 3.8) is 0 Å². The minimum atomic E-state index is 0.706. The van der Waals surface area contributed by atoms with E-state index in [2.05, 4.69) is 32.9 Å². The molecule has 1 aromatic heterocycles. The van der Waals surface area contributed by atoms with Crippen LogP contribution >= 0.6 is 15.9 Å². The van der Waals surface area contributed by atoms with Crippen molar-refractivity contribution in [2.45, 2.75) is 56.8 Å². The Morgan fingerprint density at radius 3 is 3.06 bits per heavy atom. The summed E-state index contributed by atoms with van der Waals surface area (Å²) < 4.78 is 2.02. The number of rotatable bonds is 3. The van der Waals surface area contributed by atoms with E-state index in [0.717, 1.165) is 24.7 Å². The molecule has 2 unspecified atom stereocenters. The van der Waals surface area contributed by atoms with Crippen molar-refractivity contribution in [1.29, 1.82) is 0 Å². The van der Waals surface area contributed by atoms with Gasteiger partial charge in [-0.15, -0.1) is 0 Å². The van der Waals surface area contributed by atoms with Crippen molar-refractivity contribution in [3.8, 4) is 0 Å². The number of aryl methyl sites for hydroxylation is 1. The fourth-order valence-electron chi connectivity index (χ4n) is 2.55. The lowest BCUT2D eigenvalue weighted by Gasteiger charge is -2.15. The number of aromatic nitrogens is 3. The van der Waals surface area contributed by atoms with E-state index in [1.807, 2.05) is 4.68 Å². The van der Waals surface area contributed by atoms with Crippen molar-refractivity contribution in [1.82, 2.24) is 14.8 Å². The van der Waals surface area contributed by atoms with Crippen LogP contribution < -0.4 is 0 Å². The molecule has 1 saturated carbocycles. The van der Waals surface area contributed by atoms with Crippen molar-refractivity contribution < 1.29 is 0 Å². The Bertz CT molecular complexity index is 324. The first-order chi connectivity index (χ1) is 7.79. The van der Waals surface area contributed by atoms with E-state index in [1.165, 1.54) is 32.1 Å². The third-order valence-electron chi connectivity index (χ3n) is 3.44. The molecule has 0 spiro atoms. The molecule has 1 fully saturated rings. The molecule has 4 heteroatoms. The Morgan fingerprint density at radius 1 is 1.44 bits per heavy atom. The number of hydrogen-bond donors (Lipinski definition) is 0. The van der Waals surface area contributed by atoms with Gasteiger partial charge in [0.15, 0.2) is 0 Å². The second-order valence-electron chi connectivity index (χ2n) is 4.68. The minimum Gasteiger partial charge on any atom is -0.250 e. The SMILES string of the molecule is CCn1ncnc1CC1CCCCC(Br)C1. The van der Waals surface area contributed by atoms with Gasteiger partial charge in [-0.1, -0.05) is 28.8 Å². The first-order valence-electron chi connectivity index (χ1n) is 6.30. The van der Waals surface area contributed by atoms with E-state index < -0.39 is 0 Å². The van der Waals surface area contributed by atoms with Crippen LogP contribution in [0.1, 0.15) is 44.9 Å². The molecule has 1 aliphatic rings. The molecule has 0 amide bonds. The Hall–Kier alpha value is -0.380. The van der Waals surface area contributed by atoms with E-state index in [1.54, 1.807) is 6.33 Å². The molecule has 1 aromatic rings. The lowest BCUT2D eigenvalue weighted by atomic mass is 9.96. The van der Waals surface area contributed by atoms with Gasteiger partial charge in [0.2, 0.25) is 0 Å². The monoisotopic (exact) mass is 285 g/mol. The number of nitrogens with zero attached hydrogens (tertiary/aromatic N) is 3. The third kappa shape index (κ3) is 3.06. The maximum atomic E-state index is 4.37. The minimum absolute atomic E-state index is 0.706. The van der Waals surface area contributed by atoms with Gasteiger partial charge in [0, 0.05) is 17.8 Å². The predicted octanol–water partition coefficient (Wildman–Crippen LogP) is 3.18. The maximum absolute atomic E-state index is 4.37. The number of hydrogen-bond acceptors (Lipinski definition) is 2. The molecule has 0 aliphatic heterocycles. The zero-order valence-corrected chi connectivity index (χ0v) is 11.5. The van der Waals surface area contributed by atoms with Crippen LogP contribution in [0.25, 0.3) is 0 Å². The topological polar surface area (TPSA) is 30.7 Å². The van der Waals surface area contributed by atoms with Gasteiger partial charge in [-0.05, 0) is 32.1 Å². The van der Waals surface area contributed by atoms with Crippen LogP contribution in [0.4, 0.5) is 0 Å². The highest BCUT2D eigenvalue weighted by atomic mass is 79.9. The average molecular weight is 286 g/mol. The third-order valence-corrected chi connectivity index (χ3v) is 4.27. The molecule has 16 heavy (non-hydrogen) atoms. The van der Waals surface area contributed by atoms with E-state index in [9.17, 15) is 0 Å². The molecular weight excluding hydrogens is 266 g/mol. The Balaban J connectivity index is 1.97. The predicted molar refractivity (Wildman–Crippen MR) is 68.7 cm³/mol. The van der Waals surface area contributed by atoms with Gasteiger partial charge in [-0.2, -0.15) is 5.10 Å². The average Bonchev–Trinajstić information content (AvgIpc) is 2.61. The van der Waals surface area contributed by atoms with Crippen LogP contribution in [0.15, 0.2) is 6.33 Å². The smallest absolute Gasteiger partial charge is 0.138 e. The molecule has 1 heterocycles. The van der Waals surface area contributed by atoms with E-state index in [0.29, 0.717) is 4.83 Å². The van der Waals surface area contributed by atoms with Crippen molar-refractivity contribution >= 4 is 15.9 Å². The highest BCUT2D eigenvalue weighted by molar-refractivity contribution is 9.09. The standard InChI is InChI=1S/C12H20BrN3/c1-2-16-12(14-9-15-16)8-10-5-3-4-6-11(13)7-10/h9-11H,2-8H2,1H3. The van der Waals surface area contributed by atoms with Gasteiger partial charge >= 0.3 is 0 Å². The summed E-state index contributed by atoms with van der Waals surface area (Å²) in [5.74, 6) is 1.94. The molecule has 0 aromatic carbocycles. The van der Waals surface area contributed by atoms with Crippen molar-refractivity contribution in [2.24, 2.45) is 5.92 Å². The Morgan fingerprint density at radius 2 is 2.25 bits per heavy atom. The summed E-state index contributed by atoms with van der Waals surface area (Å²) in [6, 6.07) is 0. The zero-order valence-electron chi connectivity index (χ0n) is 9.90. The van der Waals surface area contributed by atoms with Gasteiger partial charge in [0.1, 0.15) is 12.2 Å². The fraction of sp³-hybridized carbons (Fsp3) is 0.833. The van der Waals surface area contributed by atoms with E-state index >= 15 is 0 Å². The molecule has 0 radical (unpaired) electrons. The first-order valence-corrected chi connectivity index (χ1v) is 7.22. The second-order valence-corrected chi connectivity index (χ2v) is 5.97. The van der Waals surface area contributed by atoms with E-state index in [4.69, 9.17) is 0 Å². The molecule has 1 aliphatic carbocycles. The second kappa shape index (κ2) is 5.80. The zero-order chi connectivity index (χ0) is 11.4. The van der Waals surface area contributed by atoms with Gasteiger partial charge in [-0.3, -0.25) is 4.68 Å². The van der Waals surface area contributed by atoms with Gasteiger partial charge in [-0.25, -0.2) is 4.98 Å². The summed E-state index contributed by atoms with van der Waals surface area (Å²) in [7, 11) is 0. The lowest BCUT2D eigenvalue weighted by molar-refractivity contribution is 0.439. The largest absolute Gasteiger partial charge is 0.250 e. The number of halogens is 1. The van der Waals surface area contributed by atoms with Crippen LogP contribution in [0, 0.1) is 5.92 Å². The van der Waals surface area contributed by atoms with Crippen LogP contribution in [0.2, 0.25) is 0 Å². The highest BCUT2D eigenvalue weighted by Crippen LogP contribution is 2.29. The summed E-state index contributed by atoms with van der Waals surface area (Å²) in [5, 5.41) is 4.24. The summed E-state index contributed by atoms with van der Waals surface area (Å²) in [6.07, 6.45) is 9.48. The van der Waals surface area contributed by atoms with Gasteiger partial charge in [0.05, 0.1) is 0 Å². The summed E-state index contributed by atoms with van der Waals surface area (Å²) in [6.45, 7) is 3.05. The quantitative estimate of drug-likeness (QED) is 0.631. The van der Waals surface area contributed by atoms with Crippen LogP contribution in [-0.2, 0) is 13.0 Å². The van der Waals surface area contributed by atoms with Crippen molar-refractivity contribution in [2.75, 3.05) is 0 Å². The summed E-state index contributed by atoms with van der Waals surface area (Å²) in [5.41, 5.74) is 0. The van der Waals surface area contributed by atoms with Gasteiger partial charge in [0.25, 0.3) is 0 Å². The molecule has 2 rings (SSSR count). The molecule has 3 nitrogen and oxygen atoms in total. The molecular formula is C12H20BrN3. The fourth-order valence-corrected chi connectivity index (χ4v) is 3.40. The summed E-state index contributed by atoms with van der Waals surface area (Å²) >= 11 is 3.78. The molecule has 2 atom stereocenters. The van der Waals surface area contributed by atoms with Gasteiger partial charge < -0.3 is 0 Å². The maximum Gasteiger partial charge on any atom is 0.138 e. The van der Waals surface area contributed by atoms with Crippen LogP contribution in [0.5, 0.6) is 0 Å². The highest BCUT2D eigenvalue weighted by Gasteiger charge is 2.20. The van der Waals surface area contributed by atoms with E-state index in [-0.39, 0.29) is 0 Å². The molecule has 0 saturated heterocycles. The Kier molecular flexibility index (Phi) is 4.38. The molecule has 0 N–H and O–H groups in total.